The molecule has 0 aliphatic rings. The van der Waals surface area contributed by atoms with Crippen molar-refractivity contribution in [2.75, 3.05) is 0 Å². The van der Waals surface area contributed by atoms with E-state index in [1.54, 1.807) is 11.8 Å². The number of hydrogen-bond acceptors (Lipinski definition) is 6. The predicted molar refractivity (Wildman–Crippen MR) is 76.3 cm³/mol. The van der Waals surface area contributed by atoms with Gasteiger partial charge in [0.1, 0.15) is 11.6 Å². The van der Waals surface area contributed by atoms with Gasteiger partial charge in [-0.2, -0.15) is 0 Å². The molecule has 2 rings (SSSR count). The van der Waals surface area contributed by atoms with E-state index in [9.17, 15) is 0 Å². The van der Waals surface area contributed by atoms with Gasteiger partial charge in [-0.1, -0.05) is 30.8 Å². The summed E-state index contributed by atoms with van der Waals surface area (Å²) in [6.07, 6.45) is 0. The van der Waals surface area contributed by atoms with Gasteiger partial charge in [0, 0.05) is 24.8 Å². The van der Waals surface area contributed by atoms with Crippen LogP contribution in [0.4, 0.5) is 0 Å². The molecule has 0 saturated heterocycles. The Hall–Kier alpha value is -1.05. The van der Waals surface area contributed by atoms with Gasteiger partial charge in [-0.05, 0) is 0 Å². The summed E-state index contributed by atoms with van der Waals surface area (Å²) >= 11 is 1.57. The number of aromatic nitrogens is 4. The minimum absolute atomic E-state index is 0. The third-order valence-corrected chi connectivity index (χ3v) is 3.66. The average Bonchev–Trinajstić information content (AvgIpc) is 2.93. The molecule has 0 saturated carbocycles. The van der Waals surface area contributed by atoms with Gasteiger partial charge in [-0.3, -0.25) is 0 Å². The van der Waals surface area contributed by atoms with E-state index >= 15 is 0 Å². The topological polar surface area (TPSA) is 82.8 Å². The van der Waals surface area contributed by atoms with Gasteiger partial charge >= 0.3 is 0 Å². The highest BCUT2D eigenvalue weighted by atomic mass is 35.5. The summed E-state index contributed by atoms with van der Waals surface area (Å²) in [4.78, 5) is 0. The molecule has 19 heavy (non-hydrogen) atoms. The van der Waals surface area contributed by atoms with Gasteiger partial charge in [-0.15, -0.1) is 22.6 Å². The molecule has 106 valence electrons. The summed E-state index contributed by atoms with van der Waals surface area (Å²) in [5, 5.41) is 13.0. The lowest BCUT2D eigenvalue weighted by atomic mass is 10.1. The second kappa shape index (κ2) is 6.93. The van der Waals surface area contributed by atoms with Crippen LogP contribution in [0, 0.1) is 0 Å². The Bertz CT molecular complexity index is 525. The van der Waals surface area contributed by atoms with Gasteiger partial charge < -0.3 is 14.8 Å². The van der Waals surface area contributed by atoms with Gasteiger partial charge in [0.15, 0.2) is 5.16 Å². The van der Waals surface area contributed by atoms with Crippen LogP contribution in [0.15, 0.2) is 15.7 Å². The highest BCUT2D eigenvalue weighted by molar-refractivity contribution is 7.98. The monoisotopic (exact) mass is 303 g/mol. The van der Waals surface area contributed by atoms with Crippen LogP contribution < -0.4 is 5.73 Å². The van der Waals surface area contributed by atoms with Gasteiger partial charge in [0.2, 0.25) is 0 Å². The number of nitrogens with zero attached hydrogens (tertiary/aromatic N) is 4. The van der Waals surface area contributed by atoms with E-state index < -0.39 is 0 Å². The maximum Gasteiger partial charge on any atom is 0.191 e. The Morgan fingerprint density at radius 3 is 2.68 bits per heavy atom. The Kier molecular flexibility index (Phi) is 5.84. The van der Waals surface area contributed by atoms with E-state index in [2.05, 4.69) is 29.2 Å². The van der Waals surface area contributed by atoms with Crippen LogP contribution in [0.5, 0.6) is 0 Å². The van der Waals surface area contributed by atoms with Crippen LogP contribution in [0.1, 0.15) is 37.0 Å². The third kappa shape index (κ3) is 3.71. The zero-order valence-electron chi connectivity index (χ0n) is 11.2. The molecule has 0 aromatic carbocycles. The largest absolute Gasteiger partial charge is 0.361 e. The van der Waals surface area contributed by atoms with Crippen molar-refractivity contribution in [1.82, 2.24) is 19.9 Å². The van der Waals surface area contributed by atoms with Crippen molar-refractivity contribution in [1.29, 1.82) is 0 Å². The van der Waals surface area contributed by atoms with Crippen molar-refractivity contribution < 1.29 is 4.52 Å². The first-order valence-corrected chi connectivity index (χ1v) is 6.77. The van der Waals surface area contributed by atoms with Crippen molar-refractivity contribution >= 4 is 24.2 Å². The lowest BCUT2D eigenvalue weighted by Crippen LogP contribution is -2.05. The molecule has 0 unspecified atom stereocenters. The van der Waals surface area contributed by atoms with E-state index in [0.717, 1.165) is 22.4 Å². The van der Waals surface area contributed by atoms with E-state index in [4.69, 9.17) is 10.3 Å². The van der Waals surface area contributed by atoms with Crippen molar-refractivity contribution in [2.45, 2.75) is 37.2 Å². The summed E-state index contributed by atoms with van der Waals surface area (Å²) < 4.78 is 7.14. The fraction of sp³-hybridized carbons (Fsp3) is 0.545. The van der Waals surface area contributed by atoms with E-state index in [1.165, 1.54) is 0 Å². The zero-order valence-corrected chi connectivity index (χ0v) is 12.8. The number of hydrogen-bond donors (Lipinski definition) is 1. The summed E-state index contributed by atoms with van der Waals surface area (Å²) in [7, 11) is 1.91. The molecule has 0 fully saturated rings. The molecule has 2 N–H and O–H groups in total. The Morgan fingerprint density at radius 1 is 1.42 bits per heavy atom. The molecule has 6 nitrogen and oxygen atoms in total. The average molecular weight is 304 g/mol. The molecule has 0 aliphatic carbocycles. The van der Waals surface area contributed by atoms with Gasteiger partial charge in [0.25, 0.3) is 0 Å². The molecule has 0 bridgehead atoms. The minimum atomic E-state index is 0. The van der Waals surface area contributed by atoms with Crippen molar-refractivity contribution in [3.05, 3.63) is 23.3 Å². The quantitative estimate of drug-likeness (QED) is 0.852. The first-order chi connectivity index (χ1) is 8.61. The number of rotatable bonds is 5. The van der Waals surface area contributed by atoms with Crippen LogP contribution >= 0.6 is 24.2 Å². The third-order valence-electron chi connectivity index (χ3n) is 2.60. The number of thioether (sulfide) groups is 1. The first kappa shape index (κ1) is 16.0. The Morgan fingerprint density at radius 2 is 2.16 bits per heavy atom. The first-order valence-electron chi connectivity index (χ1n) is 5.78. The van der Waals surface area contributed by atoms with Gasteiger partial charge in [0.05, 0.1) is 12.2 Å². The van der Waals surface area contributed by atoms with Crippen molar-refractivity contribution in [3.8, 4) is 0 Å². The minimum Gasteiger partial charge on any atom is -0.361 e. The van der Waals surface area contributed by atoms with Gasteiger partial charge in [-0.25, -0.2) is 0 Å². The number of halogens is 1. The second-order valence-electron chi connectivity index (χ2n) is 4.33. The molecule has 0 spiro atoms. The molecule has 0 amide bonds. The van der Waals surface area contributed by atoms with E-state index in [1.807, 2.05) is 17.7 Å². The molecular weight excluding hydrogens is 286 g/mol. The summed E-state index contributed by atoms with van der Waals surface area (Å²) in [5.41, 5.74) is 6.47. The Balaban J connectivity index is 0.00000180. The zero-order chi connectivity index (χ0) is 13.1. The smallest absolute Gasteiger partial charge is 0.191 e. The lowest BCUT2D eigenvalue weighted by Gasteiger charge is -2.00. The normalized spacial score (nSPS) is 10.8. The van der Waals surface area contributed by atoms with E-state index in [-0.39, 0.29) is 12.4 Å². The number of nitrogens with two attached hydrogens (primary N) is 1. The highest BCUT2D eigenvalue weighted by Gasteiger charge is 2.11. The van der Waals surface area contributed by atoms with Crippen LogP contribution in [-0.2, 0) is 19.3 Å². The fourth-order valence-electron chi connectivity index (χ4n) is 1.46. The molecule has 2 heterocycles. The van der Waals surface area contributed by atoms with Crippen LogP contribution in [0.2, 0.25) is 0 Å². The van der Waals surface area contributed by atoms with Crippen LogP contribution in [0.25, 0.3) is 0 Å². The van der Waals surface area contributed by atoms with Crippen LogP contribution in [0.3, 0.4) is 0 Å². The molecular formula is C11H18ClN5OS. The van der Waals surface area contributed by atoms with Crippen molar-refractivity contribution in [2.24, 2.45) is 12.8 Å². The maximum atomic E-state index is 5.55. The molecule has 2 aromatic rings. The van der Waals surface area contributed by atoms with Crippen LogP contribution in [-0.4, -0.2) is 19.9 Å². The summed E-state index contributed by atoms with van der Waals surface area (Å²) in [6.45, 7) is 4.55. The van der Waals surface area contributed by atoms with Crippen molar-refractivity contribution in [3.63, 3.8) is 0 Å². The summed E-state index contributed by atoms with van der Waals surface area (Å²) in [6, 6.07) is 1.98. The highest BCUT2D eigenvalue weighted by Crippen LogP contribution is 2.22. The standard InChI is InChI=1S/C11H17N5OS.ClH/c1-7(2)9-4-8(15-17-9)6-18-11-14-13-10(5-12)16(11)3;/h4,7H,5-6,12H2,1-3H3;1H. The molecule has 0 atom stereocenters. The fourth-order valence-corrected chi connectivity index (χ4v) is 2.27. The maximum absolute atomic E-state index is 5.55. The SMILES string of the molecule is CC(C)c1cc(CSc2nnc(CN)n2C)no1.Cl. The lowest BCUT2D eigenvalue weighted by molar-refractivity contribution is 0.367. The Labute approximate surface area is 122 Å². The molecule has 8 heteroatoms. The second-order valence-corrected chi connectivity index (χ2v) is 5.27. The molecule has 2 aromatic heterocycles. The summed E-state index contributed by atoms with van der Waals surface area (Å²) in [5.74, 6) is 2.76. The van der Waals surface area contributed by atoms with E-state index in [0.29, 0.717) is 18.2 Å². The molecule has 0 radical (unpaired) electrons. The molecule has 0 aliphatic heterocycles. The predicted octanol–water partition coefficient (Wildman–Crippen LogP) is 2.10.